The highest BCUT2D eigenvalue weighted by Crippen LogP contribution is 2.39. The van der Waals surface area contributed by atoms with Crippen LogP contribution in [0.4, 0.5) is 13.2 Å². The molecule has 0 aliphatic carbocycles. The Morgan fingerprint density at radius 1 is 1.15 bits per heavy atom. The molecule has 0 bridgehead atoms. The molecule has 0 N–H and O–H groups in total. The van der Waals surface area contributed by atoms with E-state index in [1.807, 2.05) is 12.1 Å². The van der Waals surface area contributed by atoms with E-state index >= 15 is 0 Å². The second kappa shape index (κ2) is 6.65. The third-order valence-corrected chi connectivity index (χ3v) is 5.50. The van der Waals surface area contributed by atoms with Gasteiger partial charge in [-0.3, -0.25) is 0 Å². The second-order valence-electron chi connectivity index (χ2n) is 6.06. The molecule has 0 aliphatic heterocycles. The largest absolute Gasteiger partial charge is 0.417 e. The zero-order valence-electron chi connectivity index (χ0n) is 14.1. The number of fused-ring (bicyclic) bond motifs is 1. The molecule has 0 unspecified atom stereocenters. The smallest absolute Gasteiger partial charge is 0.242 e. The van der Waals surface area contributed by atoms with Crippen molar-refractivity contribution in [3.63, 3.8) is 0 Å². The maximum Gasteiger partial charge on any atom is 0.417 e. The first-order valence-electron chi connectivity index (χ1n) is 8.07. The molecule has 0 atom stereocenters. The Balaban J connectivity index is 1.96. The summed E-state index contributed by atoms with van der Waals surface area (Å²) >= 11 is 7.55. The van der Waals surface area contributed by atoms with Gasteiger partial charge in [0.1, 0.15) is 0 Å². The van der Waals surface area contributed by atoms with Crippen LogP contribution in [-0.4, -0.2) is 14.8 Å². The van der Waals surface area contributed by atoms with Crippen LogP contribution in [-0.2, 0) is 12.7 Å². The van der Waals surface area contributed by atoms with Crippen LogP contribution in [0.3, 0.4) is 0 Å². The number of benzene rings is 1. The van der Waals surface area contributed by atoms with Crippen LogP contribution in [0.1, 0.15) is 16.8 Å². The van der Waals surface area contributed by atoms with Crippen LogP contribution in [0.25, 0.3) is 21.6 Å². The van der Waals surface area contributed by atoms with E-state index in [1.165, 1.54) is 16.0 Å². The number of hydrogen-bond donors (Lipinski definition) is 0. The Bertz CT molecular complexity index is 1120. The van der Waals surface area contributed by atoms with Crippen LogP contribution >= 0.6 is 22.9 Å². The number of alkyl halides is 3. The van der Waals surface area contributed by atoms with Gasteiger partial charge >= 0.3 is 6.18 Å². The lowest BCUT2D eigenvalue weighted by atomic mass is 10.1. The number of aromatic nitrogens is 3. The predicted molar refractivity (Wildman–Crippen MR) is 101 cm³/mol. The number of rotatable bonds is 3. The maximum absolute atomic E-state index is 13.7. The fraction of sp³-hybridized carbons (Fsp3) is 0.158. The summed E-state index contributed by atoms with van der Waals surface area (Å²) in [5.41, 5.74) is 0.810. The SMILES string of the molecule is Cc1nn(Cc2ccccc2Cl)c2nc(-c3cccs3)cc(C(F)(F)F)c12. The first kappa shape index (κ1) is 18.0. The van der Waals surface area contributed by atoms with Gasteiger partial charge in [-0.1, -0.05) is 35.9 Å². The van der Waals surface area contributed by atoms with Crippen LogP contribution < -0.4 is 0 Å². The van der Waals surface area contributed by atoms with Crippen molar-refractivity contribution in [2.45, 2.75) is 19.6 Å². The van der Waals surface area contributed by atoms with Gasteiger partial charge in [0.25, 0.3) is 0 Å². The van der Waals surface area contributed by atoms with Crippen LogP contribution in [0.15, 0.2) is 47.8 Å². The lowest BCUT2D eigenvalue weighted by molar-refractivity contribution is -0.136. The van der Waals surface area contributed by atoms with Crippen LogP contribution in [0, 0.1) is 6.92 Å². The Kier molecular flexibility index (Phi) is 4.44. The zero-order valence-corrected chi connectivity index (χ0v) is 15.7. The molecule has 0 spiro atoms. The molecule has 27 heavy (non-hydrogen) atoms. The van der Waals surface area contributed by atoms with Crippen LogP contribution in [0.5, 0.6) is 0 Å². The first-order chi connectivity index (χ1) is 12.8. The summed E-state index contributed by atoms with van der Waals surface area (Å²) in [4.78, 5) is 5.18. The van der Waals surface area contributed by atoms with Gasteiger partial charge in [0, 0.05) is 5.02 Å². The fourth-order valence-electron chi connectivity index (χ4n) is 3.03. The summed E-state index contributed by atoms with van der Waals surface area (Å²) in [5, 5.41) is 6.68. The van der Waals surface area contributed by atoms with E-state index in [9.17, 15) is 13.2 Å². The van der Waals surface area contributed by atoms with Gasteiger partial charge in [0.2, 0.25) is 0 Å². The van der Waals surface area contributed by atoms with Crippen LogP contribution in [0.2, 0.25) is 5.02 Å². The predicted octanol–water partition coefficient (Wildman–Crippen LogP) is 6.19. The Morgan fingerprint density at radius 3 is 2.59 bits per heavy atom. The van der Waals surface area contributed by atoms with Gasteiger partial charge in [0.15, 0.2) is 5.65 Å². The standard InChI is InChI=1S/C19H13ClF3N3S/c1-11-17-13(19(21,22)23)9-15(16-7-4-8-27-16)24-18(17)26(25-11)10-12-5-2-3-6-14(12)20/h2-9H,10H2,1H3. The van der Waals surface area contributed by atoms with E-state index in [-0.39, 0.29) is 29.0 Å². The first-order valence-corrected chi connectivity index (χ1v) is 9.33. The van der Waals surface area contributed by atoms with Gasteiger partial charge in [0.05, 0.1) is 33.8 Å². The van der Waals surface area contributed by atoms with Crippen molar-refractivity contribution in [2.24, 2.45) is 0 Å². The Hall–Kier alpha value is -2.38. The fourth-order valence-corrected chi connectivity index (χ4v) is 3.91. The molecular formula is C19H13ClF3N3S. The molecule has 1 aromatic carbocycles. The van der Waals surface area contributed by atoms with E-state index < -0.39 is 11.7 Å². The number of halogens is 4. The molecule has 4 rings (SSSR count). The molecule has 0 amide bonds. The minimum absolute atomic E-state index is 0.0230. The number of thiophene rings is 1. The molecule has 0 fully saturated rings. The van der Waals surface area contributed by atoms with Gasteiger partial charge < -0.3 is 0 Å². The molecule has 3 heterocycles. The van der Waals surface area contributed by atoms with Crippen molar-refractivity contribution in [3.05, 3.63) is 69.7 Å². The summed E-state index contributed by atoms with van der Waals surface area (Å²) in [6.07, 6.45) is -4.50. The lowest BCUT2D eigenvalue weighted by Crippen LogP contribution is -2.08. The van der Waals surface area contributed by atoms with Crippen molar-refractivity contribution in [3.8, 4) is 10.6 Å². The quantitative estimate of drug-likeness (QED) is 0.405. The van der Waals surface area contributed by atoms with Crippen molar-refractivity contribution in [2.75, 3.05) is 0 Å². The van der Waals surface area contributed by atoms with E-state index in [0.29, 0.717) is 9.90 Å². The maximum atomic E-state index is 13.7. The van der Waals surface area contributed by atoms with Crippen molar-refractivity contribution >= 4 is 34.0 Å². The Morgan fingerprint density at radius 2 is 1.93 bits per heavy atom. The minimum Gasteiger partial charge on any atom is -0.242 e. The second-order valence-corrected chi connectivity index (χ2v) is 7.42. The molecule has 0 saturated carbocycles. The number of nitrogens with zero attached hydrogens (tertiary/aromatic N) is 3. The van der Waals surface area contributed by atoms with Gasteiger partial charge in [-0.15, -0.1) is 11.3 Å². The zero-order chi connectivity index (χ0) is 19.2. The molecule has 4 aromatic rings. The van der Waals surface area contributed by atoms with Gasteiger partial charge in [-0.25, -0.2) is 9.67 Å². The molecule has 0 aliphatic rings. The van der Waals surface area contributed by atoms with Crippen molar-refractivity contribution < 1.29 is 13.2 Å². The van der Waals surface area contributed by atoms with Crippen molar-refractivity contribution in [1.29, 1.82) is 0 Å². The lowest BCUT2D eigenvalue weighted by Gasteiger charge is -2.11. The van der Waals surface area contributed by atoms with Gasteiger partial charge in [-0.2, -0.15) is 18.3 Å². The molecule has 3 aromatic heterocycles. The van der Waals surface area contributed by atoms with Gasteiger partial charge in [-0.05, 0) is 36.1 Å². The summed E-state index contributed by atoms with van der Waals surface area (Å²) in [5.74, 6) is 0. The summed E-state index contributed by atoms with van der Waals surface area (Å²) < 4.78 is 42.7. The molecule has 0 saturated heterocycles. The number of hydrogen-bond acceptors (Lipinski definition) is 3. The Labute approximate surface area is 162 Å². The highest BCUT2D eigenvalue weighted by Gasteiger charge is 2.35. The number of aryl methyl sites for hydroxylation is 1. The van der Waals surface area contributed by atoms with E-state index in [4.69, 9.17) is 11.6 Å². The third kappa shape index (κ3) is 3.33. The van der Waals surface area contributed by atoms with E-state index in [0.717, 1.165) is 11.6 Å². The normalized spacial score (nSPS) is 12.0. The summed E-state index contributed by atoms with van der Waals surface area (Å²) in [7, 11) is 0. The summed E-state index contributed by atoms with van der Waals surface area (Å²) in [6, 6.07) is 11.8. The molecule has 8 heteroatoms. The summed E-state index contributed by atoms with van der Waals surface area (Å²) in [6.45, 7) is 1.80. The molecule has 0 radical (unpaired) electrons. The average molecular weight is 408 g/mol. The average Bonchev–Trinajstić information content (AvgIpc) is 3.24. The third-order valence-electron chi connectivity index (χ3n) is 4.23. The molecule has 138 valence electrons. The number of pyridine rings is 1. The van der Waals surface area contributed by atoms with E-state index in [1.54, 1.807) is 36.6 Å². The molecule has 3 nitrogen and oxygen atoms in total. The topological polar surface area (TPSA) is 30.7 Å². The molecular weight excluding hydrogens is 395 g/mol. The van der Waals surface area contributed by atoms with Crippen molar-refractivity contribution in [1.82, 2.24) is 14.8 Å². The highest BCUT2D eigenvalue weighted by atomic mass is 35.5. The monoisotopic (exact) mass is 407 g/mol. The minimum atomic E-state index is -4.50. The highest BCUT2D eigenvalue weighted by molar-refractivity contribution is 7.13. The van der Waals surface area contributed by atoms with E-state index in [2.05, 4.69) is 10.1 Å².